The maximum Gasteiger partial charge on any atom is 0.152 e. The van der Waals surface area contributed by atoms with Crippen LogP contribution >= 0.6 is 15.9 Å². The van der Waals surface area contributed by atoms with Crippen LogP contribution in [0.1, 0.15) is 12.5 Å². The van der Waals surface area contributed by atoms with E-state index in [1.54, 1.807) is 19.1 Å². The Labute approximate surface area is 90.3 Å². The number of hydrogen-bond donors (Lipinski definition) is 2. The summed E-state index contributed by atoms with van der Waals surface area (Å²) in [6.45, 7) is 1.57. The molecule has 74 valence electrons. The average molecular weight is 256 g/mol. The number of rotatable bonds is 1. The number of hydrogen-bond acceptors (Lipinski definition) is 3. The molecular formula is C10H10BrNO2. The zero-order chi connectivity index (χ0) is 10.3. The third-order valence-corrected chi connectivity index (χ3v) is 3.05. The molecule has 1 atom stereocenters. The molecule has 1 aliphatic heterocycles. The highest BCUT2D eigenvalue weighted by atomic mass is 79.9. The van der Waals surface area contributed by atoms with Crippen LogP contribution in [0.2, 0.25) is 0 Å². The van der Waals surface area contributed by atoms with Crippen molar-refractivity contribution in [3.05, 3.63) is 22.2 Å². The van der Waals surface area contributed by atoms with Gasteiger partial charge in [0, 0.05) is 12.1 Å². The number of phenolic OH excluding ortho intramolecular Hbond substituents is 1. The van der Waals surface area contributed by atoms with Crippen molar-refractivity contribution >= 4 is 27.4 Å². The molecule has 3 nitrogen and oxygen atoms in total. The standard InChI is InChI=1S/C10H10BrNO2/c1-5(13)8-2-6-3-10(14)7(11)4-9(6)12-8/h3-4,8,12,14H,2H2,1H3. The Kier molecular flexibility index (Phi) is 2.23. The van der Waals surface area contributed by atoms with E-state index in [9.17, 15) is 9.90 Å². The minimum Gasteiger partial charge on any atom is -0.507 e. The molecule has 1 aromatic carbocycles. The van der Waals surface area contributed by atoms with Gasteiger partial charge in [0.15, 0.2) is 5.78 Å². The molecule has 2 rings (SSSR count). The third-order valence-electron chi connectivity index (χ3n) is 2.42. The maximum atomic E-state index is 11.1. The van der Waals surface area contributed by atoms with Crippen LogP contribution in [0.5, 0.6) is 5.75 Å². The van der Waals surface area contributed by atoms with E-state index in [1.165, 1.54) is 0 Å². The Hall–Kier alpha value is -1.03. The first-order valence-electron chi connectivity index (χ1n) is 4.36. The van der Waals surface area contributed by atoms with Crippen molar-refractivity contribution in [1.82, 2.24) is 0 Å². The molecule has 4 heteroatoms. The number of Topliss-reactive ketones (excluding diaryl/α,β-unsaturated/α-hetero) is 1. The molecule has 1 aliphatic rings. The van der Waals surface area contributed by atoms with Gasteiger partial charge in [-0.3, -0.25) is 4.79 Å². The van der Waals surface area contributed by atoms with Crippen molar-refractivity contribution in [2.45, 2.75) is 19.4 Å². The zero-order valence-electron chi connectivity index (χ0n) is 7.67. The Morgan fingerprint density at radius 1 is 1.64 bits per heavy atom. The van der Waals surface area contributed by atoms with Gasteiger partial charge in [0.1, 0.15) is 5.75 Å². The third kappa shape index (κ3) is 1.50. The normalized spacial score (nSPS) is 18.9. The minimum absolute atomic E-state index is 0.122. The number of anilines is 1. The number of carbonyl (C=O) groups excluding carboxylic acids is 1. The zero-order valence-corrected chi connectivity index (χ0v) is 9.26. The summed E-state index contributed by atoms with van der Waals surface area (Å²) in [6.07, 6.45) is 0.658. The number of aromatic hydroxyl groups is 1. The second-order valence-electron chi connectivity index (χ2n) is 3.47. The summed E-state index contributed by atoms with van der Waals surface area (Å²) in [5, 5.41) is 12.6. The molecule has 0 aliphatic carbocycles. The topological polar surface area (TPSA) is 49.3 Å². The van der Waals surface area contributed by atoms with Gasteiger partial charge in [-0.05, 0) is 40.5 Å². The van der Waals surface area contributed by atoms with Gasteiger partial charge in [-0.2, -0.15) is 0 Å². The number of ketones is 1. The molecular weight excluding hydrogens is 246 g/mol. The van der Waals surface area contributed by atoms with Crippen LogP contribution in [-0.4, -0.2) is 16.9 Å². The van der Waals surface area contributed by atoms with Crippen LogP contribution < -0.4 is 5.32 Å². The van der Waals surface area contributed by atoms with E-state index in [1.807, 2.05) is 0 Å². The molecule has 0 saturated heterocycles. The first-order chi connectivity index (χ1) is 6.58. The molecule has 0 amide bonds. The van der Waals surface area contributed by atoms with E-state index in [4.69, 9.17) is 0 Å². The molecule has 1 heterocycles. The Bertz CT molecular complexity index is 372. The molecule has 0 aromatic heterocycles. The number of benzene rings is 1. The SMILES string of the molecule is CC(=O)C1Cc2cc(O)c(Br)cc2N1. The molecule has 1 aromatic rings. The highest BCUT2D eigenvalue weighted by Crippen LogP contribution is 2.35. The lowest BCUT2D eigenvalue weighted by Gasteiger charge is -2.05. The Morgan fingerprint density at radius 2 is 2.36 bits per heavy atom. The van der Waals surface area contributed by atoms with E-state index in [-0.39, 0.29) is 17.6 Å². The van der Waals surface area contributed by atoms with Crippen molar-refractivity contribution in [1.29, 1.82) is 0 Å². The van der Waals surface area contributed by atoms with Gasteiger partial charge in [-0.25, -0.2) is 0 Å². The summed E-state index contributed by atoms with van der Waals surface area (Å²) in [6, 6.07) is 3.35. The quantitative estimate of drug-likeness (QED) is 0.756. The van der Waals surface area contributed by atoms with Crippen molar-refractivity contribution < 1.29 is 9.90 Å². The van der Waals surface area contributed by atoms with Crippen molar-refractivity contribution in [2.75, 3.05) is 5.32 Å². The van der Waals surface area contributed by atoms with Crippen LogP contribution in [-0.2, 0) is 11.2 Å². The first kappa shape index (κ1) is 9.52. The molecule has 0 saturated carbocycles. The largest absolute Gasteiger partial charge is 0.507 e. The molecule has 0 radical (unpaired) electrons. The second kappa shape index (κ2) is 3.28. The monoisotopic (exact) mass is 255 g/mol. The molecule has 0 bridgehead atoms. The lowest BCUT2D eigenvalue weighted by molar-refractivity contribution is -0.117. The van der Waals surface area contributed by atoms with E-state index >= 15 is 0 Å². The number of phenols is 1. The predicted molar refractivity (Wildman–Crippen MR) is 57.6 cm³/mol. The van der Waals surface area contributed by atoms with Gasteiger partial charge in [0.05, 0.1) is 10.5 Å². The van der Waals surface area contributed by atoms with E-state index < -0.39 is 0 Å². The van der Waals surface area contributed by atoms with Gasteiger partial charge in [0.2, 0.25) is 0 Å². The van der Waals surface area contributed by atoms with Crippen LogP contribution in [0.25, 0.3) is 0 Å². The summed E-state index contributed by atoms with van der Waals surface area (Å²) in [5.41, 5.74) is 1.92. The van der Waals surface area contributed by atoms with Crippen LogP contribution in [0.3, 0.4) is 0 Å². The fourth-order valence-electron chi connectivity index (χ4n) is 1.61. The van der Waals surface area contributed by atoms with Gasteiger partial charge >= 0.3 is 0 Å². The van der Waals surface area contributed by atoms with Crippen molar-refractivity contribution in [2.24, 2.45) is 0 Å². The summed E-state index contributed by atoms with van der Waals surface area (Å²) in [5.74, 6) is 0.339. The molecule has 1 unspecified atom stereocenters. The fourth-order valence-corrected chi connectivity index (χ4v) is 1.96. The highest BCUT2D eigenvalue weighted by Gasteiger charge is 2.24. The van der Waals surface area contributed by atoms with Crippen LogP contribution in [0.15, 0.2) is 16.6 Å². The lowest BCUT2D eigenvalue weighted by atomic mass is 10.1. The van der Waals surface area contributed by atoms with Gasteiger partial charge in [-0.1, -0.05) is 0 Å². The summed E-state index contributed by atoms with van der Waals surface area (Å²) >= 11 is 3.23. The van der Waals surface area contributed by atoms with E-state index in [2.05, 4.69) is 21.2 Å². The fraction of sp³-hybridized carbons (Fsp3) is 0.300. The van der Waals surface area contributed by atoms with Crippen molar-refractivity contribution in [3.8, 4) is 5.75 Å². The summed E-state index contributed by atoms with van der Waals surface area (Å²) in [4.78, 5) is 11.1. The first-order valence-corrected chi connectivity index (χ1v) is 5.15. The van der Waals surface area contributed by atoms with Gasteiger partial charge < -0.3 is 10.4 Å². The minimum atomic E-state index is -0.140. The van der Waals surface area contributed by atoms with E-state index in [0.29, 0.717) is 10.9 Å². The summed E-state index contributed by atoms with van der Waals surface area (Å²) < 4.78 is 0.646. The summed E-state index contributed by atoms with van der Waals surface area (Å²) in [7, 11) is 0. The smallest absolute Gasteiger partial charge is 0.152 e. The second-order valence-corrected chi connectivity index (χ2v) is 4.33. The lowest BCUT2D eigenvalue weighted by Crippen LogP contribution is -2.23. The highest BCUT2D eigenvalue weighted by molar-refractivity contribution is 9.10. The predicted octanol–water partition coefficient (Wildman–Crippen LogP) is 2.08. The van der Waals surface area contributed by atoms with Crippen LogP contribution in [0.4, 0.5) is 5.69 Å². The molecule has 0 spiro atoms. The molecule has 14 heavy (non-hydrogen) atoms. The van der Waals surface area contributed by atoms with Crippen molar-refractivity contribution in [3.63, 3.8) is 0 Å². The maximum absolute atomic E-state index is 11.1. The van der Waals surface area contributed by atoms with Gasteiger partial charge in [0.25, 0.3) is 0 Å². The molecule has 0 fully saturated rings. The number of nitrogens with one attached hydrogen (secondary N) is 1. The number of carbonyl (C=O) groups is 1. The number of halogens is 1. The van der Waals surface area contributed by atoms with E-state index in [0.717, 1.165) is 11.3 Å². The van der Waals surface area contributed by atoms with Crippen LogP contribution in [0, 0.1) is 0 Å². The Morgan fingerprint density at radius 3 is 3.00 bits per heavy atom. The average Bonchev–Trinajstić information content (AvgIpc) is 2.48. The number of fused-ring (bicyclic) bond motifs is 1. The van der Waals surface area contributed by atoms with Gasteiger partial charge in [-0.15, -0.1) is 0 Å². The molecule has 2 N–H and O–H groups in total. The Balaban J connectivity index is 2.36.